The smallest absolute Gasteiger partial charge is 0.407 e. The Bertz CT molecular complexity index is 570. The highest BCUT2D eigenvalue weighted by Crippen LogP contribution is 1.97. The number of hydrogen-bond acceptors (Lipinski definition) is 10. The predicted octanol–water partition coefficient (Wildman–Crippen LogP) is -0.568. The molecule has 0 fully saturated rings. The molecule has 0 aliphatic heterocycles. The van der Waals surface area contributed by atoms with Crippen LogP contribution in [0, 0.1) is 0 Å². The Kier molecular flexibility index (Phi) is 24.7. The molecule has 37 heavy (non-hydrogen) atoms. The Morgan fingerprint density at radius 3 is 1.08 bits per heavy atom. The Morgan fingerprint density at radius 1 is 0.432 bits per heavy atom. The van der Waals surface area contributed by atoms with Crippen molar-refractivity contribution in [3.8, 4) is 0 Å². The molecule has 0 saturated carbocycles. The van der Waals surface area contributed by atoms with Crippen molar-refractivity contribution in [2.45, 2.75) is 19.3 Å². The van der Waals surface area contributed by atoms with Crippen molar-refractivity contribution in [1.82, 2.24) is 21.3 Å². The molecule has 0 bridgehead atoms. The van der Waals surface area contributed by atoms with E-state index >= 15 is 0 Å². The quantitative estimate of drug-likeness (QED) is 0.0940. The lowest BCUT2D eigenvalue weighted by atomic mass is 10.1. The lowest BCUT2D eigenvalue weighted by Gasteiger charge is -2.09. The summed E-state index contributed by atoms with van der Waals surface area (Å²) in [6, 6.07) is 0. The molecule has 0 aromatic carbocycles. The summed E-state index contributed by atoms with van der Waals surface area (Å²) < 4.78 is 31.1. The fourth-order valence-electron chi connectivity index (χ4n) is 2.40. The number of carbonyl (C=O) groups excluding carboxylic acids is 4. The van der Waals surface area contributed by atoms with Gasteiger partial charge in [0.2, 0.25) is 0 Å². The highest BCUT2D eigenvalue weighted by molar-refractivity contribution is 6.57. The van der Waals surface area contributed by atoms with Crippen LogP contribution >= 0.6 is 0 Å². The summed E-state index contributed by atoms with van der Waals surface area (Å²) in [5.41, 5.74) is 0. The van der Waals surface area contributed by atoms with Gasteiger partial charge in [-0.2, -0.15) is 0 Å². The Morgan fingerprint density at radius 2 is 0.757 bits per heavy atom. The van der Waals surface area contributed by atoms with E-state index in [1.54, 1.807) is 0 Å². The highest BCUT2D eigenvalue weighted by Gasteiger charge is 2.03. The average molecular weight is 528 g/mol. The molecule has 0 rings (SSSR count). The first kappa shape index (κ1) is 34.4. The molecule has 0 aliphatic rings. The fourth-order valence-corrected chi connectivity index (χ4v) is 2.40. The summed E-state index contributed by atoms with van der Waals surface area (Å²) >= 11 is 0. The Labute approximate surface area is 220 Å². The van der Waals surface area contributed by atoms with Crippen molar-refractivity contribution < 1.29 is 47.6 Å². The van der Waals surface area contributed by atoms with Gasteiger partial charge in [-0.3, -0.25) is 9.59 Å². The van der Waals surface area contributed by atoms with Gasteiger partial charge in [0.15, 0.2) is 27.3 Å². The molecule has 16 heteroatoms. The van der Waals surface area contributed by atoms with Crippen molar-refractivity contribution in [3.05, 3.63) is 0 Å². The molecular weight excluding hydrogens is 490 g/mol. The molecule has 0 aliphatic carbocycles. The first-order valence-corrected chi connectivity index (χ1v) is 12.1. The zero-order valence-electron chi connectivity index (χ0n) is 21.3. The van der Waals surface area contributed by atoms with Gasteiger partial charge in [0.1, 0.15) is 0 Å². The van der Waals surface area contributed by atoms with Crippen LogP contribution in [0.5, 0.6) is 0 Å². The molecule has 4 N–H and O–H groups in total. The molecule has 4 radical (unpaired) electrons. The van der Waals surface area contributed by atoms with Crippen LogP contribution in [0.3, 0.4) is 0 Å². The topological polar surface area (TPSA) is 172 Å². The third-order valence-corrected chi connectivity index (χ3v) is 4.12. The van der Waals surface area contributed by atoms with E-state index < -0.39 is 23.8 Å². The van der Waals surface area contributed by atoms with Crippen LogP contribution < -0.4 is 21.3 Å². The molecule has 0 atom stereocenters. The largest absolute Gasteiger partial charge is 0.450 e. The average Bonchev–Trinajstić information content (AvgIpc) is 2.85. The first-order chi connectivity index (χ1) is 17.9. The molecule has 0 saturated heterocycles. The van der Waals surface area contributed by atoms with Crippen LogP contribution in [0.2, 0.25) is 0 Å². The molecule has 4 amide bonds. The van der Waals surface area contributed by atoms with E-state index in [-0.39, 0.29) is 13.2 Å². The van der Waals surface area contributed by atoms with Crippen LogP contribution in [0.4, 0.5) is 19.2 Å². The number of hydrogen-bond donors (Lipinski definition) is 4. The van der Waals surface area contributed by atoms with Crippen LogP contribution in [0.1, 0.15) is 19.3 Å². The van der Waals surface area contributed by atoms with Crippen molar-refractivity contribution >= 4 is 39.5 Å². The molecule has 0 aromatic heterocycles. The summed E-state index contributed by atoms with van der Waals surface area (Å²) in [7, 11) is 9.82. The van der Waals surface area contributed by atoms with E-state index in [0.29, 0.717) is 91.9 Å². The van der Waals surface area contributed by atoms with E-state index in [4.69, 9.17) is 44.1 Å². The van der Waals surface area contributed by atoms with Crippen LogP contribution in [0.25, 0.3) is 0 Å². The second-order valence-electron chi connectivity index (χ2n) is 7.22. The summed E-state index contributed by atoms with van der Waals surface area (Å²) in [5.74, 6) is -1.19. The predicted molar refractivity (Wildman–Crippen MR) is 134 cm³/mol. The number of rotatable bonds is 24. The maximum absolute atomic E-state index is 11.6. The van der Waals surface area contributed by atoms with Gasteiger partial charge in [-0.25, -0.2) is 9.59 Å². The van der Waals surface area contributed by atoms with Gasteiger partial charge < -0.3 is 49.7 Å². The number of amides is 4. The van der Waals surface area contributed by atoms with Gasteiger partial charge in [-0.05, 0) is 19.3 Å². The minimum atomic E-state index is -0.597. The van der Waals surface area contributed by atoms with E-state index in [9.17, 15) is 19.2 Å². The fraction of sp³-hybridized carbons (Fsp3) is 0.810. The van der Waals surface area contributed by atoms with E-state index in [1.807, 2.05) is 0 Å². The van der Waals surface area contributed by atoms with Crippen molar-refractivity contribution in [3.63, 3.8) is 0 Å². The zero-order chi connectivity index (χ0) is 27.4. The molecule has 0 aromatic rings. The van der Waals surface area contributed by atoms with Gasteiger partial charge >= 0.3 is 12.2 Å². The third kappa shape index (κ3) is 29.6. The lowest BCUT2D eigenvalue weighted by Crippen LogP contribution is -2.29. The van der Waals surface area contributed by atoms with Gasteiger partial charge in [-0.15, -0.1) is 0 Å². The first-order valence-electron chi connectivity index (χ1n) is 12.1. The van der Waals surface area contributed by atoms with E-state index in [2.05, 4.69) is 21.3 Å². The highest BCUT2D eigenvalue weighted by atomic mass is 16.6. The van der Waals surface area contributed by atoms with Crippen molar-refractivity contribution in [2.24, 2.45) is 0 Å². The second-order valence-corrected chi connectivity index (χ2v) is 7.22. The van der Waals surface area contributed by atoms with Crippen LogP contribution in [-0.4, -0.2) is 132 Å². The van der Waals surface area contributed by atoms with Gasteiger partial charge in [0.05, 0.1) is 66.1 Å². The molecule has 0 unspecified atom stereocenters. The minimum Gasteiger partial charge on any atom is -0.450 e. The maximum atomic E-state index is 11.6. The molecule has 0 heterocycles. The van der Waals surface area contributed by atoms with E-state index in [0.717, 1.165) is 6.42 Å². The van der Waals surface area contributed by atoms with Crippen LogP contribution in [-0.2, 0) is 28.4 Å². The molecule has 208 valence electrons. The lowest BCUT2D eigenvalue weighted by molar-refractivity contribution is 0.0499. The third-order valence-electron chi connectivity index (χ3n) is 4.12. The summed E-state index contributed by atoms with van der Waals surface area (Å²) in [5, 5.41) is 9.93. The monoisotopic (exact) mass is 528 g/mol. The second kappa shape index (κ2) is 26.5. The van der Waals surface area contributed by atoms with Gasteiger partial charge in [0, 0.05) is 26.2 Å². The Balaban J connectivity index is 3.29. The SMILES string of the molecule is [B]C(=O)NCCOCCOCCNC(=O)OCCCCCOC(=O)NCCOCCOCCNC([B])=O. The maximum Gasteiger partial charge on any atom is 0.407 e. The molecular formula is C21H38B2N4O10. The van der Waals surface area contributed by atoms with Crippen molar-refractivity contribution in [2.75, 3.05) is 92.2 Å². The standard InChI is InChI=1S/C21H38B2N4O10/c22-18(28)24-4-10-32-14-16-34-12-6-26-20(30)36-8-2-1-3-9-37-21(31)27-7-13-35-17-15-33-11-5-25-19(23)29/h1-17H2,(H,24,28)(H,25,29)(H,26,30)(H,27,31). The molecule has 0 spiro atoms. The minimum absolute atomic E-state index is 0.259. The summed E-state index contributed by atoms with van der Waals surface area (Å²) in [6.45, 7) is 4.55. The number of ether oxygens (including phenoxy) is 6. The van der Waals surface area contributed by atoms with Crippen molar-refractivity contribution in [1.29, 1.82) is 0 Å². The summed E-state index contributed by atoms with van der Waals surface area (Å²) in [6.07, 6.45) is 0.969. The normalized spacial score (nSPS) is 10.4. The Hall–Kier alpha value is -2.55. The van der Waals surface area contributed by atoms with Gasteiger partial charge in [-0.1, -0.05) is 0 Å². The van der Waals surface area contributed by atoms with Crippen LogP contribution in [0.15, 0.2) is 0 Å². The zero-order valence-corrected chi connectivity index (χ0v) is 21.3. The number of carbonyl (C=O) groups is 4. The number of alkyl carbamates (subject to hydrolysis) is 2. The summed E-state index contributed by atoms with van der Waals surface area (Å²) in [4.78, 5) is 44.0. The van der Waals surface area contributed by atoms with Gasteiger partial charge in [0.25, 0.3) is 0 Å². The van der Waals surface area contributed by atoms with E-state index in [1.165, 1.54) is 0 Å². The number of nitrogens with one attached hydrogen (secondary N) is 4. The number of unbranched alkanes of at least 4 members (excludes halogenated alkanes) is 2. The molecule has 14 nitrogen and oxygen atoms in total.